The SMILES string of the molecule is CCOc1nccc(C2CCCCC2)n1. The molecule has 0 aromatic carbocycles. The Labute approximate surface area is 90.9 Å². The molecule has 1 aliphatic carbocycles. The first-order chi connectivity index (χ1) is 7.40. The van der Waals surface area contributed by atoms with Crippen LogP contribution in [0.4, 0.5) is 0 Å². The van der Waals surface area contributed by atoms with E-state index in [1.165, 1.54) is 32.1 Å². The van der Waals surface area contributed by atoms with Crippen LogP contribution in [0.2, 0.25) is 0 Å². The van der Waals surface area contributed by atoms with Gasteiger partial charge in [-0.15, -0.1) is 0 Å². The predicted octanol–water partition coefficient (Wildman–Crippen LogP) is 2.92. The van der Waals surface area contributed by atoms with E-state index in [9.17, 15) is 0 Å². The lowest BCUT2D eigenvalue weighted by molar-refractivity contribution is 0.309. The monoisotopic (exact) mass is 206 g/mol. The molecular formula is C12H18N2O. The predicted molar refractivity (Wildman–Crippen MR) is 59.0 cm³/mol. The van der Waals surface area contributed by atoms with Gasteiger partial charge in [-0.3, -0.25) is 0 Å². The maximum atomic E-state index is 5.32. The fraction of sp³-hybridized carbons (Fsp3) is 0.667. The Morgan fingerprint density at radius 1 is 1.33 bits per heavy atom. The summed E-state index contributed by atoms with van der Waals surface area (Å²) in [6.45, 7) is 2.59. The molecule has 15 heavy (non-hydrogen) atoms. The Morgan fingerprint density at radius 3 is 2.87 bits per heavy atom. The molecule has 0 N–H and O–H groups in total. The Balaban J connectivity index is 2.09. The number of aromatic nitrogens is 2. The topological polar surface area (TPSA) is 35.0 Å². The molecule has 2 rings (SSSR count). The average Bonchev–Trinajstić information content (AvgIpc) is 2.31. The second-order valence-corrected chi connectivity index (χ2v) is 4.03. The molecule has 1 aromatic heterocycles. The number of hydrogen-bond donors (Lipinski definition) is 0. The summed E-state index contributed by atoms with van der Waals surface area (Å²) in [7, 11) is 0. The summed E-state index contributed by atoms with van der Waals surface area (Å²) in [4.78, 5) is 8.54. The molecule has 1 fully saturated rings. The third-order valence-electron chi connectivity index (χ3n) is 2.95. The highest BCUT2D eigenvalue weighted by Crippen LogP contribution is 2.31. The van der Waals surface area contributed by atoms with Gasteiger partial charge in [0.25, 0.3) is 0 Å². The minimum Gasteiger partial charge on any atom is -0.464 e. The average molecular weight is 206 g/mol. The van der Waals surface area contributed by atoms with Crippen LogP contribution in [0.15, 0.2) is 12.3 Å². The minimum atomic E-state index is 0.528. The molecule has 1 saturated carbocycles. The molecule has 82 valence electrons. The van der Waals surface area contributed by atoms with Crippen molar-refractivity contribution in [2.45, 2.75) is 44.9 Å². The largest absolute Gasteiger partial charge is 0.464 e. The summed E-state index contributed by atoms with van der Waals surface area (Å²) in [5.74, 6) is 0.626. The second kappa shape index (κ2) is 5.10. The minimum absolute atomic E-state index is 0.528. The van der Waals surface area contributed by atoms with Crippen molar-refractivity contribution in [1.29, 1.82) is 0 Å². The molecule has 0 atom stereocenters. The van der Waals surface area contributed by atoms with Crippen molar-refractivity contribution in [2.75, 3.05) is 6.61 Å². The van der Waals surface area contributed by atoms with Gasteiger partial charge >= 0.3 is 6.01 Å². The van der Waals surface area contributed by atoms with E-state index in [2.05, 4.69) is 9.97 Å². The van der Waals surface area contributed by atoms with Crippen molar-refractivity contribution in [1.82, 2.24) is 9.97 Å². The molecule has 0 bridgehead atoms. The van der Waals surface area contributed by atoms with Gasteiger partial charge in [-0.2, -0.15) is 4.98 Å². The van der Waals surface area contributed by atoms with Gasteiger partial charge in [-0.05, 0) is 25.8 Å². The fourth-order valence-corrected chi connectivity index (χ4v) is 2.18. The van der Waals surface area contributed by atoms with E-state index in [1.54, 1.807) is 0 Å². The van der Waals surface area contributed by atoms with Gasteiger partial charge in [-0.25, -0.2) is 4.98 Å². The van der Waals surface area contributed by atoms with E-state index in [4.69, 9.17) is 4.74 Å². The summed E-state index contributed by atoms with van der Waals surface area (Å²) >= 11 is 0. The zero-order valence-corrected chi connectivity index (χ0v) is 9.28. The third kappa shape index (κ3) is 2.67. The highest BCUT2D eigenvalue weighted by atomic mass is 16.5. The highest BCUT2D eigenvalue weighted by molar-refractivity contribution is 5.11. The normalized spacial score (nSPS) is 17.7. The van der Waals surface area contributed by atoms with E-state index >= 15 is 0 Å². The van der Waals surface area contributed by atoms with Crippen LogP contribution in [0, 0.1) is 0 Å². The van der Waals surface area contributed by atoms with Crippen molar-refractivity contribution < 1.29 is 4.74 Å². The fourth-order valence-electron chi connectivity index (χ4n) is 2.18. The smallest absolute Gasteiger partial charge is 0.316 e. The zero-order chi connectivity index (χ0) is 10.5. The van der Waals surface area contributed by atoms with Crippen molar-refractivity contribution in [3.8, 4) is 6.01 Å². The van der Waals surface area contributed by atoms with Crippen molar-refractivity contribution >= 4 is 0 Å². The van der Waals surface area contributed by atoms with Gasteiger partial charge < -0.3 is 4.74 Å². The van der Waals surface area contributed by atoms with Crippen LogP contribution >= 0.6 is 0 Å². The number of ether oxygens (including phenoxy) is 1. The van der Waals surface area contributed by atoms with Crippen LogP contribution in [0.25, 0.3) is 0 Å². The summed E-state index contributed by atoms with van der Waals surface area (Å²) in [6, 6.07) is 2.55. The molecule has 1 aliphatic rings. The maximum Gasteiger partial charge on any atom is 0.316 e. The molecule has 3 nitrogen and oxygen atoms in total. The molecule has 3 heteroatoms. The van der Waals surface area contributed by atoms with Crippen molar-refractivity contribution in [2.24, 2.45) is 0 Å². The van der Waals surface area contributed by atoms with E-state index < -0.39 is 0 Å². The number of nitrogens with zero attached hydrogens (tertiary/aromatic N) is 2. The summed E-state index contributed by atoms with van der Waals surface area (Å²) in [6.07, 6.45) is 8.38. The first-order valence-electron chi connectivity index (χ1n) is 5.86. The Bertz CT molecular complexity index is 308. The molecule has 0 saturated heterocycles. The quantitative estimate of drug-likeness (QED) is 0.762. The van der Waals surface area contributed by atoms with Crippen LogP contribution < -0.4 is 4.74 Å². The van der Waals surface area contributed by atoms with Gasteiger partial charge in [-0.1, -0.05) is 19.3 Å². The Kier molecular flexibility index (Phi) is 3.54. The molecule has 0 spiro atoms. The van der Waals surface area contributed by atoms with E-state index in [0.29, 0.717) is 18.5 Å². The Hall–Kier alpha value is -1.12. The van der Waals surface area contributed by atoms with Crippen molar-refractivity contribution in [3.05, 3.63) is 18.0 Å². The van der Waals surface area contributed by atoms with Crippen LogP contribution in [0.3, 0.4) is 0 Å². The van der Waals surface area contributed by atoms with Crippen LogP contribution in [-0.4, -0.2) is 16.6 Å². The van der Waals surface area contributed by atoms with Gasteiger partial charge in [0.05, 0.1) is 12.3 Å². The molecule has 0 aliphatic heterocycles. The molecular weight excluding hydrogens is 188 g/mol. The number of rotatable bonds is 3. The lowest BCUT2D eigenvalue weighted by Gasteiger charge is -2.20. The molecule has 1 heterocycles. The summed E-state index contributed by atoms with van der Waals surface area (Å²) < 4.78 is 5.32. The van der Waals surface area contributed by atoms with E-state index in [1.807, 2.05) is 19.2 Å². The van der Waals surface area contributed by atoms with Gasteiger partial charge in [0.15, 0.2) is 0 Å². The molecule has 0 radical (unpaired) electrons. The van der Waals surface area contributed by atoms with E-state index in [-0.39, 0.29) is 0 Å². The molecule has 0 unspecified atom stereocenters. The second-order valence-electron chi connectivity index (χ2n) is 4.03. The lowest BCUT2D eigenvalue weighted by Crippen LogP contribution is -2.08. The molecule has 0 amide bonds. The first kappa shape index (κ1) is 10.4. The van der Waals surface area contributed by atoms with Crippen molar-refractivity contribution in [3.63, 3.8) is 0 Å². The van der Waals surface area contributed by atoms with Crippen LogP contribution in [0.5, 0.6) is 6.01 Å². The number of hydrogen-bond acceptors (Lipinski definition) is 3. The van der Waals surface area contributed by atoms with Gasteiger partial charge in [0.2, 0.25) is 0 Å². The van der Waals surface area contributed by atoms with Crippen LogP contribution in [-0.2, 0) is 0 Å². The van der Waals surface area contributed by atoms with Gasteiger partial charge in [0.1, 0.15) is 0 Å². The molecule has 1 aromatic rings. The van der Waals surface area contributed by atoms with Crippen LogP contribution in [0.1, 0.15) is 50.6 Å². The maximum absolute atomic E-state index is 5.32. The standard InChI is InChI=1S/C12H18N2O/c1-2-15-12-13-9-8-11(14-12)10-6-4-3-5-7-10/h8-10H,2-7H2,1H3. The zero-order valence-electron chi connectivity index (χ0n) is 9.28. The van der Waals surface area contributed by atoms with E-state index in [0.717, 1.165) is 5.69 Å². The first-order valence-corrected chi connectivity index (χ1v) is 5.86. The van der Waals surface area contributed by atoms with Gasteiger partial charge in [0, 0.05) is 12.1 Å². The third-order valence-corrected chi connectivity index (χ3v) is 2.95. The lowest BCUT2D eigenvalue weighted by atomic mass is 9.87. The summed E-state index contributed by atoms with van der Waals surface area (Å²) in [5.41, 5.74) is 1.16. The highest BCUT2D eigenvalue weighted by Gasteiger charge is 2.17. The summed E-state index contributed by atoms with van der Waals surface area (Å²) in [5, 5.41) is 0. The Morgan fingerprint density at radius 2 is 2.13 bits per heavy atom.